The largest absolute Gasteiger partial charge is 0.378 e. The van der Waals surface area contributed by atoms with E-state index in [0.717, 1.165) is 36.6 Å². The Morgan fingerprint density at radius 1 is 1.29 bits per heavy atom. The molecule has 2 aromatic heterocycles. The molecule has 3 rings (SSSR count). The van der Waals surface area contributed by atoms with Gasteiger partial charge in [-0.25, -0.2) is 9.97 Å². The Labute approximate surface area is 135 Å². The molecule has 0 aliphatic carbocycles. The molecule has 108 valence electrons. The predicted molar refractivity (Wildman–Crippen MR) is 89.2 cm³/mol. The monoisotopic (exact) mass is 363 g/mol. The van der Waals surface area contributed by atoms with Crippen molar-refractivity contribution in [3.05, 3.63) is 45.4 Å². The van der Waals surface area contributed by atoms with E-state index in [-0.39, 0.29) is 0 Å². The van der Waals surface area contributed by atoms with Gasteiger partial charge < -0.3 is 10.5 Å². The van der Waals surface area contributed by atoms with Gasteiger partial charge in [0.15, 0.2) is 0 Å². The summed E-state index contributed by atoms with van der Waals surface area (Å²) in [6.45, 7) is 0.926. The quantitative estimate of drug-likeness (QED) is 0.766. The minimum Gasteiger partial charge on any atom is -0.378 e. The van der Waals surface area contributed by atoms with Crippen LogP contribution in [0.5, 0.6) is 0 Å². The van der Waals surface area contributed by atoms with Gasteiger partial charge in [0.1, 0.15) is 10.7 Å². The predicted octanol–water partition coefficient (Wildman–Crippen LogP) is 3.73. The zero-order chi connectivity index (χ0) is 14.8. The molecule has 6 heteroatoms. The number of para-hydroxylation sites is 1. The van der Waals surface area contributed by atoms with Crippen molar-refractivity contribution in [2.24, 2.45) is 5.73 Å². The summed E-state index contributed by atoms with van der Waals surface area (Å²) in [6, 6.07) is 10.1. The summed E-state index contributed by atoms with van der Waals surface area (Å²) in [5.41, 5.74) is 8.47. The van der Waals surface area contributed by atoms with Crippen molar-refractivity contribution >= 4 is 38.2 Å². The second kappa shape index (κ2) is 6.19. The molecule has 0 saturated carbocycles. The molecule has 1 aromatic carbocycles. The number of halogens is 1. The first kappa shape index (κ1) is 14.6. The first-order valence-corrected chi connectivity index (χ1v) is 8.07. The normalized spacial score (nSPS) is 11.2. The zero-order valence-corrected chi connectivity index (χ0v) is 13.9. The molecule has 3 aromatic rings. The molecule has 0 fully saturated rings. The maximum Gasteiger partial charge on any atom is 0.143 e. The standard InChI is InChI=1S/C15H14BrN3OS/c1-20-8-12-13(7-17)21-15(19-12)14-10(16)6-9-4-2-3-5-11(9)18-14/h2-6H,7-8,17H2,1H3. The molecule has 0 aliphatic heterocycles. The lowest BCUT2D eigenvalue weighted by Gasteiger charge is -2.03. The summed E-state index contributed by atoms with van der Waals surface area (Å²) >= 11 is 5.16. The molecule has 2 heterocycles. The highest BCUT2D eigenvalue weighted by Crippen LogP contribution is 2.33. The number of hydrogen-bond acceptors (Lipinski definition) is 5. The molecule has 0 saturated heterocycles. The minimum atomic E-state index is 0.460. The van der Waals surface area contributed by atoms with Gasteiger partial charge in [0, 0.05) is 28.4 Å². The number of aromatic nitrogens is 2. The van der Waals surface area contributed by atoms with E-state index >= 15 is 0 Å². The van der Waals surface area contributed by atoms with E-state index in [1.807, 2.05) is 24.3 Å². The van der Waals surface area contributed by atoms with Crippen LogP contribution in [-0.4, -0.2) is 17.1 Å². The van der Waals surface area contributed by atoms with Crippen LogP contribution in [0.15, 0.2) is 34.8 Å². The van der Waals surface area contributed by atoms with Crippen molar-refractivity contribution < 1.29 is 4.74 Å². The molecule has 4 nitrogen and oxygen atoms in total. The molecule has 0 radical (unpaired) electrons. The van der Waals surface area contributed by atoms with Crippen LogP contribution in [0.2, 0.25) is 0 Å². The molecule has 21 heavy (non-hydrogen) atoms. The molecular weight excluding hydrogens is 350 g/mol. The van der Waals surface area contributed by atoms with E-state index in [1.165, 1.54) is 0 Å². The van der Waals surface area contributed by atoms with Gasteiger partial charge in [0.25, 0.3) is 0 Å². The average molecular weight is 364 g/mol. The molecule has 0 bridgehead atoms. The molecule has 0 amide bonds. The maximum atomic E-state index is 5.78. The Morgan fingerprint density at radius 2 is 2.10 bits per heavy atom. The Bertz CT molecular complexity index is 788. The van der Waals surface area contributed by atoms with E-state index in [0.29, 0.717) is 13.2 Å². The van der Waals surface area contributed by atoms with Gasteiger partial charge in [-0.2, -0.15) is 0 Å². The van der Waals surface area contributed by atoms with Gasteiger partial charge in [0.05, 0.1) is 17.8 Å². The molecule has 0 atom stereocenters. The second-order valence-electron chi connectivity index (χ2n) is 4.54. The fourth-order valence-electron chi connectivity index (χ4n) is 2.13. The first-order valence-electron chi connectivity index (χ1n) is 6.46. The number of ether oxygens (including phenoxy) is 1. The van der Waals surface area contributed by atoms with Crippen LogP contribution in [0.4, 0.5) is 0 Å². The van der Waals surface area contributed by atoms with Gasteiger partial charge in [-0.3, -0.25) is 0 Å². The number of nitrogens with zero attached hydrogens (tertiary/aromatic N) is 2. The highest BCUT2D eigenvalue weighted by molar-refractivity contribution is 9.10. The van der Waals surface area contributed by atoms with Crippen LogP contribution in [0.25, 0.3) is 21.6 Å². The van der Waals surface area contributed by atoms with Gasteiger partial charge in [-0.15, -0.1) is 11.3 Å². The third kappa shape index (κ3) is 2.85. The van der Waals surface area contributed by atoms with Crippen LogP contribution < -0.4 is 5.73 Å². The van der Waals surface area contributed by atoms with E-state index in [4.69, 9.17) is 15.5 Å². The number of fused-ring (bicyclic) bond motifs is 1. The lowest BCUT2D eigenvalue weighted by molar-refractivity contribution is 0.181. The Hall–Kier alpha value is -1.34. The molecule has 0 aliphatic rings. The number of thiazole rings is 1. The van der Waals surface area contributed by atoms with E-state index < -0.39 is 0 Å². The maximum absolute atomic E-state index is 5.78. The SMILES string of the molecule is COCc1nc(-c2nc3ccccc3cc2Br)sc1CN. The number of hydrogen-bond donors (Lipinski definition) is 1. The van der Waals surface area contributed by atoms with Gasteiger partial charge in [-0.05, 0) is 28.1 Å². The number of methoxy groups -OCH3 is 1. The summed E-state index contributed by atoms with van der Waals surface area (Å²) in [5.74, 6) is 0. The summed E-state index contributed by atoms with van der Waals surface area (Å²) < 4.78 is 6.11. The lowest BCUT2D eigenvalue weighted by Crippen LogP contribution is -1.99. The number of nitrogens with two attached hydrogens (primary N) is 1. The Kier molecular flexibility index (Phi) is 4.30. The average Bonchev–Trinajstić information content (AvgIpc) is 2.90. The van der Waals surface area contributed by atoms with Crippen LogP contribution >= 0.6 is 27.3 Å². The van der Waals surface area contributed by atoms with Gasteiger partial charge >= 0.3 is 0 Å². The summed E-state index contributed by atoms with van der Waals surface area (Å²) in [6.07, 6.45) is 0. The van der Waals surface area contributed by atoms with Crippen molar-refractivity contribution in [3.8, 4) is 10.7 Å². The lowest BCUT2D eigenvalue weighted by atomic mass is 10.2. The van der Waals surface area contributed by atoms with Crippen LogP contribution in [0.3, 0.4) is 0 Å². The van der Waals surface area contributed by atoms with Crippen LogP contribution in [0.1, 0.15) is 10.6 Å². The highest BCUT2D eigenvalue weighted by Gasteiger charge is 2.15. The third-order valence-corrected chi connectivity index (χ3v) is 4.86. The van der Waals surface area contributed by atoms with Crippen LogP contribution in [0, 0.1) is 0 Å². The van der Waals surface area contributed by atoms with Crippen molar-refractivity contribution in [1.82, 2.24) is 9.97 Å². The fourth-order valence-corrected chi connectivity index (χ4v) is 3.74. The number of rotatable bonds is 4. The second-order valence-corrected chi connectivity index (χ2v) is 6.48. The molecule has 0 spiro atoms. The Morgan fingerprint density at radius 3 is 2.86 bits per heavy atom. The summed E-state index contributed by atoms with van der Waals surface area (Å²) in [5, 5.41) is 1.96. The topological polar surface area (TPSA) is 61.0 Å². The molecular formula is C15H14BrN3OS. The van der Waals surface area contributed by atoms with Crippen LogP contribution in [-0.2, 0) is 17.9 Å². The number of benzene rings is 1. The van der Waals surface area contributed by atoms with Crippen molar-refractivity contribution in [2.75, 3.05) is 7.11 Å². The summed E-state index contributed by atoms with van der Waals surface area (Å²) in [4.78, 5) is 10.4. The smallest absolute Gasteiger partial charge is 0.143 e. The molecule has 2 N–H and O–H groups in total. The third-order valence-electron chi connectivity index (χ3n) is 3.12. The highest BCUT2D eigenvalue weighted by atomic mass is 79.9. The Balaban J connectivity index is 2.13. The minimum absolute atomic E-state index is 0.460. The van der Waals surface area contributed by atoms with E-state index in [1.54, 1.807) is 18.4 Å². The number of pyridine rings is 1. The van der Waals surface area contributed by atoms with Crippen molar-refractivity contribution in [2.45, 2.75) is 13.2 Å². The van der Waals surface area contributed by atoms with Crippen molar-refractivity contribution in [1.29, 1.82) is 0 Å². The van der Waals surface area contributed by atoms with Gasteiger partial charge in [-0.1, -0.05) is 18.2 Å². The van der Waals surface area contributed by atoms with E-state index in [9.17, 15) is 0 Å². The first-order chi connectivity index (χ1) is 10.2. The van der Waals surface area contributed by atoms with Crippen molar-refractivity contribution in [3.63, 3.8) is 0 Å². The zero-order valence-electron chi connectivity index (χ0n) is 11.5. The molecule has 0 unspecified atom stereocenters. The summed E-state index contributed by atoms with van der Waals surface area (Å²) in [7, 11) is 1.66. The fraction of sp³-hybridized carbons (Fsp3) is 0.200. The van der Waals surface area contributed by atoms with E-state index in [2.05, 4.69) is 27.0 Å². The van der Waals surface area contributed by atoms with Gasteiger partial charge in [0.2, 0.25) is 0 Å².